The summed E-state index contributed by atoms with van der Waals surface area (Å²) in [6.45, 7) is 3.80. The van der Waals surface area contributed by atoms with Crippen molar-refractivity contribution in [3.63, 3.8) is 0 Å². The number of ether oxygens (including phenoxy) is 2. The van der Waals surface area contributed by atoms with Gasteiger partial charge in [-0.25, -0.2) is 0 Å². The van der Waals surface area contributed by atoms with E-state index in [0.29, 0.717) is 29.5 Å². The highest BCUT2D eigenvalue weighted by Crippen LogP contribution is 2.26. The molecule has 0 saturated carbocycles. The van der Waals surface area contributed by atoms with E-state index < -0.39 is 0 Å². The van der Waals surface area contributed by atoms with Crippen LogP contribution in [-0.4, -0.2) is 41.9 Å². The standard InChI is InChI=1S/C20H27N5O2S/c1-14-6-4-5-11-25(14)17-12-18(27-3)23-19(22-17)24-20(28)21-13-15-7-9-16(26-2)10-8-15/h7-10,12,14H,4-6,11,13H2,1-3H3,(H2,21,22,23,24,28)/t14-/m0/s1. The van der Waals surface area contributed by atoms with Gasteiger partial charge < -0.3 is 25.0 Å². The van der Waals surface area contributed by atoms with Crippen LogP contribution in [0.25, 0.3) is 0 Å². The molecule has 8 heteroatoms. The van der Waals surface area contributed by atoms with Crippen molar-refractivity contribution in [1.29, 1.82) is 0 Å². The van der Waals surface area contributed by atoms with Gasteiger partial charge in [-0.15, -0.1) is 0 Å². The second-order valence-electron chi connectivity index (χ2n) is 6.79. The molecule has 150 valence electrons. The Bertz CT molecular complexity index is 800. The van der Waals surface area contributed by atoms with Crippen LogP contribution in [0, 0.1) is 0 Å². The predicted octanol–water partition coefficient (Wildman–Crippen LogP) is 3.36. The van der Waals surface area contributed by atoms with Gasteiger partial charge in [-0.2, -0.15) is 9.97 Å². The molecule has 0 radical (unpaired) electrons. The van der Waals surface area contributed by atoms with Crippen molar-refractivity contribution in [3.8, 4) is 11.6 Å². The molecule has 28 heavy (non-hydrogen) atoms. The first-order valence-corrected chi connectivity index (χ1v) is 9.87. The van der Waals surface area contributed by atoms with Gasteiger partial charge in [0.2, 0.25) is 11.8 Å². The Labute approximate surface area is 171 Å². The molecule has 0 bridgehead atoms. The Morgan fingerprint density at radius 2 is 1.96 bits per heavy atom. The zero-order chi connectivity index (χ0) is 19.9. The fourth-order valence-corrected chi connectivity index (χ4v) is 3.39. The monoisotopic (exact) mass is 401 g/mol. The first-order chi connectivity index (χ1) is 13.6. The zero-order valence-corrected chi connectivity index (χ0v) is 17.4. The number of methoxy groups -OCH3 is 2. The van der Waals surface area contributed by atoms with E-state index in [2.05, 4.69) is 32.4 Å². The number of hydrogen-bond acceptors (Lipinski definition) is 6. The number of benzene rings is 1. The fourth-order valence-electron chi connectivity index (χ4n) is 3.23. The van der Waals surface area contributed by atoms with Crippen LogP contribution >= 0.6 is 12.2 Å². The summed E-state index contributed by atoms with van der Waals surface area (Å²) >= 11 is 5.40. The van der Waals surface area contributed by atoms with Crippen LogP contribution in [0.2, 0.25) is 0 Å². The topological polar surface area (TPSA) is 71.5 Å². The zero-order valence-electron chi connectivity index (χ0n) is 16.6. The first-order valence-electron chi connectivity index (χ1n) is 9.46. The van der Waals surface area contributed by atoms with Crippen LogP contribution in [0.15, 0.2) is 30.3 Å². The minimum absolute atomic E-state index is 0.430. The van der Waals surface area contributed by atoms with Crippen molar-refractivity contribution in [2.45, 2.75) is 38.8 Å². The van der Waals surface area contributed by atoms with Gasteiger partial charge in [-0.05, 0) is 56.1 Å². The molecular weight excluding hydrogens is 374 g/mol. The average Bonchev–Trinajstić information content (AvgIpc) is 2.72. The molecule has 1 fully saturated rings. The van der Waals surface area contributed by atoms with Gasteiger partial charge in [0, 0.05) is 25.2 Å². The summed E-state index contributed by atoms with van der Waals surface area (Å²) < 4.78 is 10.5. The van der Waals surface area contributed by atoms with E-state index in [1.807, 2.05) is 30.3 Å². The molecule has 1 saturated heterocycles. The highest BCUT2D eigenvalue weighted by Gasteiger charge is 2.21. The lowest BCUT2D eigenvalue weighted by atomic mass is 10.0. The second-order valence-corrected chi connectivity index (χ2v) is 7.19. The van der Waals surface area contributed by atoms with E-state index in [9.17, 15) is 0 Å². The minimum Gasteiger partial charge on any atom is -0.497 e. The molecule has 0 spiro atoms. The van der Waals surface area contributed by atoms with Crippen LogP contribution in [0.4, 0.5) is 11.8 Å². The Kier molecular flexibility index (Phi) is 6.86. The van der Waals surface area contributed by atoms with Gasteiger partial charge in [-0.1, -0.05) is 12.1 Å². The molecule has 7 nitrogen and oxygen atoms in total. The van der Waals surface area contributed by atoms with Gasteiger partial charge in [0.1, 0.15) is 11.6 Å². The Hall–Kier alpha value is -2.61. The average molecular weight is 402 g/mol. The summed E-state index contributed by atoms with van der Waals surface area (Å²) in [5, 5.41) is 6.71. The minimum atomic E-state index is 0.430. The van der Waals surface area contributed by atoms with E-state index in [4.69, 9.17) is 21.7 Å². The van der Waals surface area contributed by atoms with Crippen molar-refractivity contribution >= 4 is 29.1 Å². The number of rotatable bonds is 6. The highest BCUT2D eigenvalue weighted by molar-refractivity contribution is 7.80. The number of anilines is 2. The third kappa shape index (κ3) is 5.22. The molecular formula is C20H27N5O2S. The summed E-state index contributed by atoms with van der Waals surface area (Å²) in [4.78, 5) is 11.3. The smallest absolute Gasteiger partial charge is 0.234 e. The Morgan fingerprint density at radius 1 is 1.18 bits per heavy atom. The van der Waals surface area contributed by atoms with Crippen molar-refractivity contribution in [1.82, 2.24) is 15.3 Å². The van der Waals surface area contributed by atoms with Crippen LogP contribution in [0.5, 0.6) is 11.6 Å². The summed E-state index contributed by atoms with van der Waals surface area (Å²) in [7, 11) is 3.26. The summed E-state index contributed by atoms with van der Waals surface area (Å²) in [5.41, 5.74) is 1.10. The van der Waals surface area contributed by atoms with Gasteiger partial charge in [0.25, 0.3) is 0 Å². The summed E-state index contributed by atoms with van der Waals surface area (Å²) in [5.74, 6) is 2.63. The molecule has 2 heterocycles. The maximum absolute atomic E-state index is 5.40. The van der Waals surface area contributed by atoms with Gasteiger partial charge >= 0.3 is 0 Å². The quantitative estimate of drug-likeness (QED) is 0.714. The summed E-state index contributed by atoms with van der Waals surface area (Å²) in [6, 6.07) is 10.1. The van der Waals surface area contributed by atoms with E-state index in [1.165, 1.54) is 12.8 Å². The van der Waals surface area contributed by atoms with Crippen molar-refractivity contribution in [2.24, 2.45) is 0 Å². The molecule has 1 aromatic carbocycles. The molecule has 0 amide bonds. The Morgan fingerprint density at radius 3 is 2.64 bits per heavy atom. The Balaban J connectivity index is 1.64. The molecule has 3 rings (SSSR count). The SMILES string of the molecule is COc1ccc(CNC(=S)Nc2nc(OC)cc(N3CCCC[C@@H]3C)n2)cc1. The number of hydrogen-bond donors (Lipinski definition) is 2. The fraction of sp³-hybridized carbons (Fsp3) is 0.450. The van der Waals surface area contributed by atoms with E-state index in [0.717, 1.165) is 30.1 Å². The molecule has 0 unspecified atom stereocenters. The van der Waals surface area contributed by atoms with Crippen LogP contribution in [0.3, 0.4) is 0 Å². The normalized spacial score (nSPS) is 16.4. The predicted molar refractivity (Wildman–Crippen MR) is 115 cm³/mol. The molecule has 1 aliphatic rings. The maximum atomic E-state index is 5.40. The van der Waals surface area contributed by atoms with E-state index in [-0.39, 0.29) is 0 Å². The number of piperidine rings is 1. The lowest BCUT2D eigenvalue weighted by Crippen LogP contribution is -2.38. The van der Waals surface area contributed by atoms with Gasteiger partial charge in [0.05, 0.1) is 14.2 Å². The lowest BCUT2D eigenvalue weighted by molar-refractivity contribution is 0.396. The lowest BCUT2D eigenvalue weighted by Gasteiger charge is -2.34. The van der Waals surface area contributed by atoms with E-state index in [1.54, 1.807) is 14.2 Å². The molecule has 0 aliphatic carbocycles. The third-order valence-corrected chi connectivity index (χ3v) is 5.08. The van der Waals surface area contributed by atoms with Gasteiger partial charge in [-0.3, -0.25) is 0 Å². The molecule has 2 N–H and O–H groups in total. The molecule has 1 aromatic heterocycles. The van der Waals surface area contributed by atoms with Crippen molar-refractivity contribution in [3.05, 3.63) is 35.9 Å². The first kappa shape index (κ1) is 20.1. The van der Waals surface area contributed by atoms with Crippen molar-refractivity contribution < 1.29 is 9.47 Å². The second kappa shape index (κ2) is 9.54. The number of nitrogens with zero attached hydrogens (tertiary/aromatic N) is 3. The third-order valence-electron chi connectivity index (χ3n) is 4.83. The number of aromatic nitrogens is 2. The van der Waals surface area contributed by atoms with Crippen molar-refractivity contribution in [2.75, 3.05) is 31.0 Å². The molecule has 1 atom stereocenters. The number of nitrogens with one attached hydrogen (secondary N) is 2. The van der Waals surface area contributed by atoms with E-state index >= 15 is 0 Å². The largest absolute Gasteiger partial charge is 0.497 e. The maximum Gasteiger partial charge on any atom is 0.234 e. The summed E-state index contributed by atoms with van der Waals surface area (Å²) in [6.07, 6.45) is 3.59. The molecule has 1 aliphatic heterocycles. The van der Waals surface area contributed by atoms with Gasteiger partial charge in [0.15, 0.2) is 5.11 Å². The van der Waals surface area contributed by atoms with Crippen LogP contribution in [0.1, 0.15) is 31.7 Å². The highest BCUT2D eigenvalue weighted by atomic mass is 32.1. The van der Waals surface area contributed by atoms with Crippen LogP contribution in [-0.2, 0) is 6.54 Å². The molecule has 2 aromatic rings. The van der Waals surface area contributed by atoms with Crippen LogP contribution < -0.4 is 25.0 Å². The number of thiocarbonyl (C=S) groups is 1.